The second-order valence-corrected chi connectivity index (χ2v) is 3.73. The maximum absolute atomic E-state index is 11.7. The summed E-state index contributed by atoms with van der Waals surface area (Å²) in [6, 6.07) is 0. The van der Waals surface area contributed by atoms with Crippen LogP contribution in [0.1, 0.15) is 23.1 Å². The number of carboxylic acids is 1. The molecule has 0 bridgehead atoms. The van der Waals surface area contributed by atoms with E-state index >= 15 is 0 Å². The number of aryl methyl sites for hydroxylation is 1. The summed E-state index contributed by atoms with van der Waals surface area (Å²) in [4.78, 5) is 47.3. The fourth-order valence-corrected chi connectivity index (χ4v) is 1.47. The number of aromatic amines is 1. The van der Waals surface area contributed by atoms with Crippen LogP contribution in [0.15, 0.2) is 4.79 Å². The maximum atomic E-state index is 11.7. The van der Waals surface area contributed by atoms with Gasteiger partial charge < -0.3 is 5.11 Å². The van der Waals surface area contributed by atoms with Crippen LogP contribution in [0.25, 0.3) is 11.2 Å². The van der Waals surface area contributed by atoms with Crippen LogP contribution in [0.3, 0.4) is 0 Å². The first-order valence-corrected chi connectivity index (χ1v) is 5.18. The van der Waals surface area contributed by atoms with E-state index in [1.54, 1.807) is 0 Å². The molecule has 0 aromatic carbocycles. The number of rotatable bonds is 2. The van der Waals surface area contributed by atoms with Gasteiger partial charge >= 0.3 is 5.97 Å². The predicted octanol–water partition coefficient (Wildman–Crippen LogP) is -0.322. The zero-order valence-electron chi connectivity index (χ0n) is 10.0. The molecule has 1 amide bonds. The standard InChI is InChI=1S/C10H9N5O4/c1-3-5(9(18)19)13-7-6(11-3)8(17)15-10(14-7)12-4(2)16/h1-2H3,(H,18,19)(H2,12,13,14,15,16,17). The van der Waals surface area contributed by atoms with Gasteiger partial charge in [-0.15, -0.1) is 0 Å². The highest BCUT2D eigenvalue weighted by Crippen LogP contribution is 2.08. The molecular weight excluding hydrogens is 254 g/mol. The minimum atomic E-state index is -1.27. The second-order valence-electron chi connectivity index (χ2n) is 3.73. The zero-order valence-corrected chi connectivity index (χ0v) is 10.0. The average Bonchev–Trinajstić information content (AvgIpc) is 2.28. The summed E-state index contributed by atoms with van der Waals surface area (Å²) in [5, 5.41) is 11.2. The zero-order chi connectivity index (χ0) is 14.2. The number of carboxylic acid groups (broad SMARTS) is 1. The molecule has 0 radical (unpaired) electrons. The van der Waals surface area contributed by atoms with Crippen molar-refractivity contribution >= 4 is 29.0 Å². The van der Waals surface area contributed by atoms with Gasteiger partial charge in [-0.05, 0) is 6.92 Å². The molecule has 9 nitrogen and oxygen atoms in total. The van der Waals surface area contributed by atoms with Crippen LogP contribution >= 0.6 is 0 Å². The molecular formula is C10H9N5O4. The van der Waals surface area contributed by atoms with Crippen LogP contribution in [0.2, 0.25) is 0 Å². The molecule has 0 unspecified atom stereocenters. The highest BCUT2D eigenvalue weighted by molar-refractivity contribution is 5.90. The molecule has 0 saturated heterocycles. The summed E-state index contributed by atoms with van der Waals surface area (Å²) in [7, 11) is 0. The molecule has 0 atom stereocenters. The number of anilines is 1. The summed E-state index contributed by atoms with van der Waals surface area (Å²) < 4.78 is 0. The number of fused-ring (bicyclic) bond motifs is 1. The Balaban J connectivity index is 2.72. The fraction of sp³-hybridized carbons (Fsp3) is 0.200. The lowest BCUT2D eigenvalue weighted by Crippen LogP contribution is -2.19. The lowest BCUT2D eigenvalue weighted by Gasteiger charge is -2.04. The third kappa shape index (κ3) is 2.39. The highest BCUT2D eigenvalue weighted by Gasteiger charge is 2.15. The number of aromatic nitrogens is 4. The molecule has 0 aliphatic heterocycles. The average molecular weight is 263 g/mol. The summed E-state index contributed by atoms with van der Waals surface area (Å²) >= 11 is 0. The Labute approximate surface area is 105 Å². The second kappa shape index (κ2) is 4.44. The lowest BCUT2D eigenvalue weighted by atomic mass is 10.3. The lowest BCUT2D eigenvalue weighted by molar-refractivity contribution is -0.114. The Hall–Kier alpha value is -2.84. The van der Waals surface area contributed by atoms with Crippen molar-refractivity contribution in [2.45, 2.75) is 13.8 Å². The molecule has 2 rings (SSSR count). The Kier molecular flexibility index (Phi) is 2.95. The SMILES string of the molecule is CC(=O)Nc1nc2nc(C(=O)O)c(C)nc2c(=O)[nH]1. The van der Waals surface area contributed by atoms with Gasteiger partial charge in [0.15, 0.2) is 16.9 Å². The van der Waals surface area contributed by atoms with E-state index in [1.807, 2.05) is 0 Å². The summed E-state index contributed by atoms with van der Waals surface area (Å²) in [5.41, 5.74) is -1.02. The molecule has 19 heavy (non-hydrogen) atoms. The van der Waals surface area contributed by atoms with Gasteiger partial charge in [0.25, 0.3) is 5.56 Å². The van der Waals surface area contributed by atoms with Crippen molar-refractivity contribution in [2.75, 3.05) is 5.32 Å². The monoisotopic (exact) mass is 263 g/mol. The first-order chi connectivity index (χ1) is 8.88. The van der Waals surface area contributed by atoms with Gasteiger partial charge in [0.1, 0.15) is 0 Å². The summed E-state index contributed by atoms with van der Waals surface area (Å²) in [6.45, 7) is 2.67. The van der Waals surface area contributed by atoms with Crippen LogP contribution in [-0.2, 0) is 4.79 Å². The number of nitrogens with zero attached hydrogens (tertiary/aromatic N) is 3. The van der Waals surface area contributed by atoms with Gasteiger partial charge in [-0.1, -0.05) is 0 Å². The van der Waals surface area contributed by atoms with Gasteiger partial charge in [-0.25, -0.2) is 14.8 Å². The van der Waals surface area contributed by atoms with Gasteiger partial charge in [-0.3, -0.25) is 19.9 Å². The topological polar surface area (TPSA) is 138 Å². The van der Waals surface area contributed by atoms with Crippen molar-refractivity contribution in [1.82, 2.24) is 19.9 Å². The van der Waals surface area contributed by atoms with E-state index in [1.165, 1.54) is 13.8 Å². The Morgan fingerprint density at radius 3 is 2.53 bits per heavy atom. The molecule has 3 N–H and O–H groups in total. The number of H-pyrrole nitrogens is 1. The molecule has 2 aromatic heterocycles. The normalized spacial score (nSPS) is 10.4. The Morgan fingerprint density at radius 2 is 1.95 bits per heavy atom. The molecule has 0 aliphatic carbocycles. The quantitative estimate of drug-likeness (QED) is 0.674. The van der Waals surface area contributed by atoms with Crippen LogP contribution in [0.4, 0.5) is 5.95 Å². The van der Waals surface area contributed by atoms with Crippen molar-refractivity contribution in [1.29, 1.82) is 0 Å². The van der Waals surface area contributed by atoms with Crippen LogP contribution in [-0.4, -0.2) is 36.9 Å². The largest absolute Gasteiger partial charge is 0.476 e. The number of aromatic carboxylic acids is 1. The molecule has 0 aliphatic rings. The molecule has 2 aromatic rings. The molecule has 9 heteroatoms. The Morgan fingerprint density at radius 1 is 1.26 bits per heavy atom. The Bertz CT molecular complexity index is 751. The number of carbonyl (C=O) groups excluding carboxylic acids is 1. The molecule has 0 saturated carbocycles. The van der Waals surface area contributed by atoms with Gasteiger partial charge in [0, 0.05) is 6.92 Å². The number of carbonyl (C=O) groups is 2. The molecule has 98 valence electrons. The summed E-state index contributed by atoms with van der Waals surface area (Å²) in [5.74, 6) is -1.81. The minimum Gasteiger partial charge on any atom is -0.476 e. The van der Waals surface area contributed by atoms with E-state index in [0.717, 1.165) is 0 Å². The maximum Gasteiger partial charge on any atom is 0.356 e. The number of hydrogen-bond acceptors (Lipinski definition) is 6. The predicted molar refractivity (Wildman–Crippen MR) is 64.0 cm³/mol. The molecule has 0 spiro atoms. The van der Waals surface area contributed by atoms with Gasteiger partial charge in [0.05, 0.1) is 5.69 Å². The van der Waals surface area contributed by atoms with Crippen molar-refractivity contribution in [3.63, 3.8) is 0 Å². The van der Waals surface area contributed by atoms with E-state index in [9.17, 15) is 14.4 Å². The van der Waals surface area contributed by atoms with Crippen molar-refractivity contribution in [3.05, 3.63) is 21.7 Å². The number of nitrogens with one attached hydrogen (secondary N) is 2. The summed E-state index contributed by atoms with van der Waals surface area (Å²) in [6.07, 6.45) is 0. The smallest absolute Gasteiger partial charge is 0.356 e. The van der Waals surface area contributed by atoms with Crippen LogP contribution in [0, 0.1) is 6.92 Å². The molecule has 0 fully saturated rings. The van der Waals surface area contributed by atoms with Crippen LogP contribution in [0.5, 0.6) is 0 Å². The van der Waals surface area contributed by atoms with Gasteiger partial charge in [-0.2, -0.15) is 4.98 Å². The fourth-order valence-electron chi connectivity index (χ4n) is 1.47. The van der Waals surface area contributed by atoms with E-state index in [2.05, 4.69) is 25.3 Å². The first kappa shape index (κ1) is 12.6. The number of amides is 1. The third-order valence-corrected chi connectivity index (χ3v) is 2.21. The minimum absolute atomic E-state index is 0.0865. The molecule has 2 heterocycles. The van der Waals surface area contributed by atoms with Gasteiger partial charge in [0.2, 0.25) is 11.9 Å². The number of hydrogen-bond donors (Lipinski definition) is 3. The van der Waals surface area contributed by atoms with E-state index < -0.39 is 17.4 Å². The van der Waals surface area contributed by atoms with Crippen molar-refractivity contribution < 1.29 is 14.7 Å². The third-order valence-electron chi connectivity index (χ3n) is 2.21. The van der Waals surface area contributed by atoms with Crippen molar-refractivity contribution in [3.8, 4) is 0 Å². The first-order valence-electron chi connectivity index (χ1n) is 5.18. The van der Waals surface area contributed by atoms with E-state index in [4.69, 9.17) is 5.11 Å². The van der Waals surface area contributed by atoms with Crippen molar-refractivity contribution in [2.24, 2.45) is 0 Å². The van der Waals surface area contributed by atoms with E-state index in [-0.39, 0.29) is 28.5 Å². The van der Waals surface area contributed by atoms with Crippen LogP contribution < -0.4 is 10.9 Å². The highest BCUT2D eigenvalue weighted by atomic mass is 16.4. The van der Waals surface area contributed by atoms with E-state index in [0.29, 0.717) is 0 Å².